The van der Waals surface area contributed by atoms with Gasteiger partial charge in [-0.3, -0.25) is 9.59 Å². The van der Waals surface area contributed by atoms with Crippen LogP contribution in [0.1, 0.15) is 36.2 Å². The van der Waals surface area contributed by atoms with Crippen molar-refractivity contribution in [2.24, 2.45) is 5.92 Å². The van der Waals surface area contributed by atoms with E-state index >= 15 is 0 Å². The first-order chi connectivity index (χ1) is 9.95. The SMILES string of the molecule is CCC(C)C(O)CNC(=O)CNC(=O)c1ccccc1C. The number of hydrogen-bond acceptors (Lipinski definition) is 3. The van der Waals surface area contributed by atoms with Gasteiger partial charge < -0.3 is 15.7 Å². The van der Waals surface area contributed by atoms with Gasteiger partial charge in [-0.15, -0.1) is 0 Å². The lowest BCUT2D eigenvalue weighted by Crippen LogP contribution is -2.41. The molecule has 1 aromatic carbocycles. The molecule has 0 aliphatic carbocycles. The first-order valence-electron chi connectivity index (χ1n) is 7.24. The van der Waals surface area contributed by atoms with Gasteiger partial charge in [0.2, 0.25) is 5.91 Å². The molecule has 3 N–H and O–H groups in total. The second-order valence-electron chi connectivity index (χ2n) is 5.25. The number of hydrogen-bond donors (Lipinski definition) is 3. The Kier molecular flexibility index (Phi) is 6.88. The Morgan fingerprint density at radius 3 is 2.52 bits per heavy atom. The summed E-state index contributed by atoms with van der Waals surface area (Å²) in [7, 11) is 0. The van der Waals surface area contributed by atoms with Gasteiger partial charge in [-0.05, 0) is 24.5 Å². The smallest absolute Gasteiger partial charge is 0.251 e. The molecule has 0 aliphatic heterocycles. The average Bonchev–Trinajstić information content (AvgIpc) is 2.49. The minimum Gasteiger partial charge on any atom is -0.391 e. The molecule has 116 valence electrons. The van der Waals surface area contributed by atoms with Gasteiger partial charge in [-0.2, -0.15) is 0 Å². The lowest BCUT2D eigenvalue weighted by Gasteiger charge is -2.17. The summed E-state index contributed by atoms with van der Waals surface area (Å²) < 4.78 is 0. The molecule has 2 unspecified atom stereocenters. The summed E-state index contributed by atoms with van der Waals surface area (Å²) in [5, 5.41) is 14.9. The lowest BCUT2D eigenvalue weighted by atomic mass is 10.0. The molecule has 0 spiro atoms. The second-order valence-corrected chi connectivity index (χ2v) is 5.25. The van der Waals surface area contributed by atoms with Crippen molar-refractivity contribution >= 4 is 11.8 Å². The number of carbonyl (C=O) groups is 2. The fourth-order valence-electron chi connectivity index (χ4n) is 1.84. The summed E-state index contributed by atoms with van der Waals surface area (Å²) in [4.78, 5) is 23.6. The zero-order valence-corrected chi connectivity index (χ0v) is 12.8. The van der Waals surface area contributed by atoms with E-state index in [1.165, 1.54) is 0 Å². The van der Waals surface area contributed by atoms with Crippen molar-refractivity contribution in [3.05, 3.63) is 35.4 Å². The molecule has 0 aromatic heterocycles. The molecule has 2 amide bonds. The van der Waals surface area contributed by atoms with Crippen LogP contribution in [0.3, 0.4) is 0 Å². The number of aryl methyl sites for hydroxylation is 1. The van der Waals surface area contributed by atoms with Crippen LogP contribution < -0.4 is 10.6 Å². The van der Waals surface area contributed by atoms with E-state index < -0.39 is 6.10 Å². The predicted octanol–water partition coefficient (Wildman–Crippen LogP) is 1.25. The molecular formula is C16H24N2O3. The van der Waals surface area contributed by atoms with Crippen LogP contribution in [-0.2, 0) is 4.79 Å². The largest absolute Gasteiger partial charge is 0.391 e. The third kappa shape index (κ3) is 5.55. The highest BCUT2D eigenvalue weighted by atomic mass is 16.3. The normalized spacial score (nSPS) is 13.3. The summed E-state index contributed by atoms with van der Waals surface area (Å²) in [6.45, 7) is 5.86. The number of rotatable bonds is 7. The lowest BCUT2D eigenvalue weighted by molar-refractivity contribution is -0.120. The van der Waals surface area contributed by atoms with Crippen molar-refractivity contribution in [2.75, 3.05) is 13.1 Å². The van der Waals surface area contributed by atoms with Crippen molar-refractivity contribution < 1.29 is 14.7 Å². The highest BCUT2D eigenvalue weighted by molar-refractivity contribution is 5.97. The van der Waals surface area contributed by atoms with Crippen molar-refractivity contribution in [1.29, 1.82) is 0 Å². The summed E-state index contributed by atoms with van der Waals surface area (Å²) in [5.41, 5.74) is 1.42. The van der Waals surface area contributed by atoms with Gasteiger partial charge in [-0.25, -0.2) is 0 Å². The summed E-state index contributed by atoms with van der Waals surface area (Å²) in [6, 6.07) is 7.20. The maximum atomic E-state index is 11.9. The van der Waals surface area contributed by atoms with E-state index in [1.807, 2.05) is 32.9 Å². The number of amides is 2. The Labute approximate surface area is 125 Å². The second kappa shape index (κ2) is 8.42. The predicted molar refractivity (Wildman–Crippen MR) is 82.0 cm³/mol. The monoisotopic (exact) mass is 292 g/mol. The fourth-order valence-corrected chi connectivity index (χ4v) is 1.84. The molecule has 0 radical (unpaired) electrons. The minimum atomic E-state index is -0.564. The van der Waals surface area contributed by atoms with Gasteiger partial charge in [0.1, 0.15) is 0 Å². The van der Waals surface area contributed by atoms with Gasteiger partial charge >= 0.3 is 0 Å². The van der Waals surface area contributed by atoms with Crippen LogP contribution in [-0.4, -0.2) is 36.1 Å². The Morgan fingerprint density at radius 1 is 1.24 bits per heavy atom. The molecular weight excluding hydrogens is 268 g/mol. The molecule has 0 fully saturated rings. The van der Waals surface area contributed by atoms with Crippen LogP contribution in [0.2, 0.25) is 0 Å². The van der Waals surface area contributed by atoms with Crippen LogP contribution in [0.15, 0.2) is 24.3 Å². The van der Waals surface area contributed by atoms with Crippen molar-refractivity contribution in [3.8, 4) is 0 Å². The van der Waals surface area contributed by atoms with Crippen LogP contribution in [0, 0.1) is 12.8 Å². The number of carbonyl (C=O) groups excluding carboxylic acids is 2. The molecule has 1 aromatic rings. The molecule has 0 bridgehead atoms. The van der Waals surface area contributed by atoms with Gasteiger partial charge in [0.05, 0.1) is 12.6 Å². The third-order valence-electron chi connectivity index (χ3n) is 3.61. The Balaban J connectivity index is 2.37. The minimum absolute atomic E-state index is 0.0968. The van der Waals surface area contributed by atoms with E-state index in [-0.39, 0.29) is 30.8 Å². The maximum absolute atomic E-state index is 11.9. The number of nitrogens with one attached hydrogen (secondary N) is 2. The molecule has 0 aliphatic rings. The van der Waals surface area contributed by atoms with E-state index in [0.29, 0.717) is 5.56 Å². The third-order valence-corrected chi connectivity index (χ3v) is 3.61. The summed E-state index contributed by atoms with van der Waals surface area (Å²) in [6.07, 6.45) is 0.284. The maximum Gasteiger partial charge on any atom is 0.251 e. The zero-order valence-electron chi connectivity index (χ0n) is 12.8. The quantitative estimate of drug-likeness (QED) is 0.707. The highest BCUT2D eigenvalue weighted by Gasteiger charge is 2.14. The summed E-state index contributed by atoms with van der Waals surface area (Å²) in [5.74, 6) is -0.447. The Morgan fingerprint density at radius 2 is 1.90 bits per heavy atom. The van der Waals surface area contributed by atoms with Crippen molar-refractivity contribution in [2.45, 2.75) is 33.3 Å². The van der Waals surface area contributed by atoms with Gasteiger partial charge in [0.15, 0.2) is 0 Å². The van der Waals surface area contributed by atoms with E-state index in [2.05, 4.69) is 10.6 Å². The molecule has 1 rings (SSSR count). The fraction of sp³-hybridized carbons (Fsp3) is 0.500. The van der Waals surface area contributed by atoms with E-state index in [9.17, 15) is 14.7 Å². The Bertz CT molecular complexity index is 488. The van der Waals surface area contributed by atoms with E-state index in [4.69, 9.17) is 0 Å². The summed E-state index contributed by atoms with van der Waals surface area (Å²) >= 11 is 0. The van der Waals surface area contributed by atoms with Gasteiger partial charge in [0.25, 0.3) is 5.91 Å². The van der Waals surface area contributed by atoms with Crippen molar-refractivity contribution in [3.63, 3.8) is 0 Å². The molecule has 0 heterocycles. The highest BCUT2D eigenvalue weighted by Crippen LogP contribution is 2.07. The number of benzene rings is 1. The van der Waals surface area contributed by atoms with E-state index in [1.54, 1.807) is 12.1 Å². The molecule has 0 saturated carbocycles. The van der Waals surface area contributed by atoms with Crippen LogP contribution in [0.4, 0.5) is 0 Å². The number of aliphatic hydroxyl groups is 1. The molecule has 5 nitrogen and oxygen atoms in total. The van der Waals surface area contributed by atoms with Crippen LogP contribution in [0.5, 0.6) is 0 Å². The molecule has 5 heteroatoms. The number of aliphatic hydroxyl groups excluding tert-OH is 1. The van der Waals surface area contributed by atoms with Crippen LogP contribution in [0.25, 0.3) is 0 Å². The average molecular weight is 292 g/mol. The van der Waals surface area contributed by atoms with Gasteiger partial charge in [0, 0.05) is 12.1 Å². The van der Waals surface area contributed by atoms with Gasteiger partial charge in [-0.1, -0.05) is 38.5 Å². The first-order valence-corrected chi connectivity index (χ1v) is 7.24. The van der Waals surface area contributed by atoms with E-state index in [0.717, 1.165) is 12.0 Å². The molecule has 21 heavy (non-hydrogen) atoms. The topological polar surface area (TPSA) is 78.4 Å². The molecule has 0 saturated heterocycles. The zero-order chi connectivity index (χ0) is 15.8. The Hall–Kier alpha value is -1.88. The standard InChI is InChI=1S/C16H24N2O3/c1-4-11(2)14(19)9-17-15(20)10-18-16(21)13-8-6-5-7-12(13)3/h5-8,11,14,19H,4,9-10H2,1-3H3,(H,17,20)(H,18,21). The first kappa shape index (κ1) is 17.2. The molecule has 2 atom stereocenters. The van der Waals surface area contributed by atoms with Crippen molar-refractivity contribution in [1.82, 2.24) is 10.6 Å². The van der Waals surface area contributed by atoms with Crippen LogP contribution >= 0.6 is 0 Å².